The summed E-state index contributed by atoms with van der Waals surface area (Å²) in [5.74, 6) is 0. The average Bonchev–Trinajstić information content (AvgIpc) is 2.64. The molecule has 0 saturated heterocycles. The summed E-state index contributed by atoms with van der Waals surface area (Å²) in [4.78, 5) is 30.3. The second-order valence-electron chi connectivity index (χ2n) is 5.83. The van der Waals surface area contributed by atoms with Gasteiger partial charge in [0.1, 0.15) is 17.3 Å². The van der Waals surface area contributed by atoms with E-state index in [2.05, 4.69) is 20.9 Å². The van der Waals surface area contributed by atoms with Crippen molar-refractivity contribution >= 4 is 32.6 Å². The van der Waals surface area contributed by atoms with Crippen LogP contribution in [0.15, 0.2) is 62.7 Å². The summed E-state index contributed by atoms with van der Waals surface area (Å²) in [6, 6.07) is 13.8. The highest BCUT2D eigenvalue weighted by molar-refractivity contribution is 9.10. The summed E-state index contributed by atoms with van der Waals surface area (Å²) in [6.45, 7) is 1.85. The van der Waals surface area contributed by atoms with Crippen LogP contribution in [0.25, 0.3) is 22.4 Å². The van der Waals surface area contributed by atoms with Crippen molar-refractivity contribution in [2.24, 2.45) is 0 Å². The van der Waals surface area contributed by atoms with Crippen LogP contribution in [0.5, 0.6) is 0 Å². The Labute approximate surface area is 155 Å². The van der Waals surface area contributed by atoms with Gasteiger partial charge >= 0.3 is 0 Å². The molecule has 3 aromatic heterocycles. The lowest BCUT2D eigenvalue weighted by Gasteiger charge is -2.12. The number of nitriles is 1. The highest BCUT2D eigenvalue weighted by Crippen LogP contribution is 2.18. The largest absolute Gasteiger partial charge is 0.274 e. The number of halogens is 1. The molecular formula is C19H11BrN4O2. The lowest BCUT2D eigenvalue weighted by Crippen LogP contribution is -2.26. The van der Waals surface area contributed by atoms with Crippen LogP contribution in [-0.2, 0) is 0 Å². The van der Waals surface area contributed by atoms with E-state index in [1.165, 1.54) is 15.0 Å². The van der Waals surface area contributed by atoms with Gasteiger partial charge in [-0.15, -0.1) is 0 Å². The average molecular weight is 407 g/mol. The van der Waals surface area contributed by atoms with E-state index < -0.39 is 5.56 Å². The molecule has 0 aliphatic rings. The summed E-state index contributed by atoms with van der Waals surface area (Å²) in [5, 5.41) is 9.56. The molecule has 4 rings (SSSR count). The normalized spacial score (nSPS) is 11.0. The van der Waals surface area contributed by atoms with Gasteiger partial charge in [0.15, 0.2) is 5.65 Å². The second-order valence-corrected chi connectivity index (χ2v) is 6.74. The standard InChI is InChI=1S/C19H11BrN4O2/c1-11-3-2-8-23-16(11)22-17-15(19(23)26)9-12(10-21)18(25)24(17)14-6-4-13(20)5-7-14/h2-9H,1H3. The van der Waals surface area contributed by atoms with Gasteiger partial charge in [0.2, 0.25) is 0 Å². The van der Waals surface area contributed by atoms with Crippen LogP contribution >= 0.6 is 15.9 Å². The molecule has 0 atom stereocenters. The highest BCUT2D eigenvalue weighted by Gasteiger charge is 2.16. The number of hydrogen-bond donors (Lipinski definition) is 0. The molecule has 0 fully saturated rings. The quantitative estimate of drug-likeness (QED) is 0.455. The van der Waals surface area contributed by atoms with Crippen LogP contribution in [0, 0.1) is 18.3 Å². The number of nitrogens with zero attached hydrogens (tertiary/aromatic N) is 4. The first-order valence-electron chi connectivity index (χ1n) is 7.75. The summed E-state index contributed by atoms with van der Waals surface area (Å²) in [6.07, 6.45) is 1.62. The number of fused-ring (bicyclic) bond motifs is 2. The molecule has 6 nitrogen and oxygen atoms in total. The Balaban J connectivity index is 2.28. The van der Waals surface area contributed by atoms with Gasteiger partial charge in [0.05, 0.1) is 11.1 Å². The Kier molecular flexibility index (Phi) is 3.71. The summed E-state index contributed by atoms with van der Waals surface area (Å²) < 4.78 is 3.59. The molecule has 0 N–H and O–H groups in total. The first-order chi connectivity index (χ1) is 12.5. The van der Waals surface area contributed by atoms with Crippen molar-refractivity contribution in [3.63, 3.8) is 0 Å². The fourth-order valence-corrected chi connectivity index (χ4v) is 3.19. The first-order valence-corrected chi connectivity index (χ1v) is 8.54. The van der Waals surface area contributed by atoms with Crippen molar-refractivity contribution in [1.82, 2.24) is 14.0 Å². The maximum absolute atomic E-state index is 12.9. The van der Waals surface area contributed by atoms with Crippen molar-refractivity contribution < 1.29 is 0 Å². The zero-order valence-corrected chi connectivity index (χ0v) is 15.2. The smallest absolute Gasteiger partial charge is 0.268 e. The van der Waals surface area contributed by atoms with Gasteiger partial charge in [-0.1, -0.05) is 22.0 Å². The number of aryl methyl sites for hydroxylation is 1. The van der Waals surface area contributed by atoms with E-state index in [4.69, 9.17) is 0 Å². The maximum atomic E-state index is 12.9. The minimum Gasteiger partial charge on any atom is -0.268 e. The SMILES string of the molecule is Cc1cccn2c(=O)c3cc(C#N)c(=O)n(-c4ccc(Br)cc4)c3nc12. The monoisotopic (exact) mass is 406 g/mol. The van der Waals surface area contributed by atoms with Gasteiger partial charge in [-0.2, -0.15) is 5.26 Å². The van der Waals surface area contributed by atoms with Crippen LogP contribution < -0.4 is 11.1 Å². The van der Waals surface area contributed by atoms with Crippen molar-refractivity contribution in [2.45, 2.75) is 6.92 Å². The molecular weight excluding hydrogens is 396 g/mol. The van der Waals surface area contributed by atoms with Crippen molar-refractivity contribution in [3.8, 4) is 11.8 Å². The zero-order chi connectivity index (χ0) is 18.4. The van der Waals surface area contributed by atoms with Gasteiger partial charge in [-0.25, -0.2) is 4.98 Å². The number of hydrogen-bond acceptors (Lipinski definition) is 4. The molecule has 4 aromatic rings. The Bertz CT molecular complexity index is 1350. The van der Waals surface area contributed by atoms with Crippen LogP contribution in [-0.4, -0.2) is 14.0 Å². The number of benzene rings is 1. The van der Waals surface area contributed by atoms with Crippen LogP contribution in [0.3, 0.4) is 0 Å². The molecule has 7 heteroatoms. The topological polar surface area (TPSA) is 80.2 Å². The van der Waals surface area contributed by atoms with Gasteiger partial charge in [0.25, 0.3) is 11.1 Å². The van der Waals surface area contributed by atoms with E-state index in [1.807, 2.05) is 19.1 Å². The Hall–Kier alpha value is -3.24. The number of rotatable bonds is 1. The molecule has 0 bridgehead atoms. The van der Waals surface area contributed by atoms with E-state index in [1.54, 1.807) is 36.5 Å². The molecule has 0 amide bonds. The molecule has 0 aliphatic carbocycles. The molecule has 3 heterocycles. The predicted molar refractivity (Wildman–Crippen MR) is 102 cm³/mol. The van der Waals surface area contributed by atoms with Crippen LogP contribution in [0.4, 0.5) is 0 Å². The van der Waals surface area contributed by atoms with Gasteiger partial charge in [0, 0.05) is 10.7 Å². The maximum Gasteiger partial charge on any atom is 0.274 e. The molecule has 0 aliphatic heterocycles. The van der Waals surface area contributed by atoms with Crippen LogP contribution in [0.2, 0.25) is 0 Å². The third-order valence-corrected chi connectivity index (χ3v) is 4.73. The number of pyridine rings is 2. The fraction of sp³-hybridized carbons (Fsp3) is 0.0526. The first kappa shape index (κ1) is 16.2. The number of aromatic nitrogens is 3. The Morgan fingerprint density at radius 3 is 2.50 bits per heavy atom. The van der Waals surface area contributed by atoms with E-state index in [0.717, 1.165) is 10.0 Å². The molecule has 1 aromatic carbocycles. The van der Waals surface area contributed by atoms with E-state index in [-0.39, 0.29) is 22.2 Å². The Morgan fingerprint density at radius 1 is 1.08 bits per heavy atom. The van der Waals surface area contributed by atoms with Gasteiger partial charge in [-0.3, -0.25) is 18.6 Å². The zero-order valence-electron chi connectivity index (χ0n) is 13.6. The Morgan fingerprint density at radius 2 is 1.81 bits per heavy atom. The molecule has 0 saturated carbocycles. The predicted octanol–water partition coefficient (Wildman–Crippen LogP) is 2.94. The third kappa shape index (κ3) is 2.35. The third-order valence-electron chi connectivity index (χ3n) is 4.20. The fourth-order valence-electron chi connectivity index (χ4n) is 2.93. The molecule has 126 valence electrons. The molecule has 26 heavy (non-hydrogen) atoms. The van der Waals surface area contributed by atoms with Crippen molar-refractivity contribution in [3.05, 3.63) is 85.0 Å². The lowest BCUT2D eigenvalue weighted by molar-refractivity contribution is 0.979. The van der Waals surface area contributed by atoms with Crippen molar-refractivity contribution in [2.75, 3.05) is 0 Å². The molecule has 0 radical (unpaired) electrons. The molecule has 0 spiro atoms. The van der Waals surface area contributed by atoms with Gasteiger partial charge < -0.3 is 0 Å². The van der Waals surface area contributed by atoms with Gasteiger partial charge in [-0.05, 0) is 48.9 Å². The summed E-state index contributed by atoms with van der Waals surface area (Å²) >= 11 is 3.36. The lowest BCUT2D eigenvalue weighted by atomic mass is 10.2. The van der Waals surface area contributed by atoms with Crippen LogP contribution in [0.1, 0.15) is 11.1 Å². The summed E-state index contributed by atoms with van der Waals surface area (Å²) in [7, 11) is 0. The van der Waals surface area contributed by atoms with Crippen molar-refractivity contribution in [1.29, 1.82) is 5.26 Å². The van der Waals surface area contributed by atoms with E-state index >= 15 is 0 Å². The minimum absolute atomic E-state index is 0.105. The minimum atomic E-state index is -0.507. The van der Waals surface area contributed by atoms with E-state index in [0.29, 0.717) is 11.3 Å². The summed E-state index contributed by atoms with van der Waals surface area (Å²) in [5.41, 5.74) is 1.11. The second kappa shape index (κ2) is 5.93. The highest BCUT2D eigenvalue weighted by atomic mass is 79.9. The molecule has 0 unspecified atom stereocenters. The van der Waals surface area contributed by atoms with E-state index in [9.17, 15) is 14.9 Å².